The molecule has 0 radical (unpaired) electrons. The quantitative estimate of drug-likeness (QED) is 0.780. The third-order valence-electron chi connectivity index (χ3n) is 4.47. The number of hydrogen-bond acceptors (Lipinski definition) is 3. The summed E-state index contributed by atoms with van der Waals surface area (Å²) in [6.45, 7) is 0.790. The van der Waals surface area contributed by atoms with Crippen molar-refractivity contribution < 1.29 is 13.9 Å². The van der Waals surface area contributed by atoms with Crippen LogP contribution in [0.5, 0.6) is 5.75 Å². The van der Waals surface area contributed by atoms with E-state index in [0.29, 0.717) is 5.76 Å². The fourth-order valence-electron chi connectivity index (χ4n) is 3.18. The van der Waals surface area contributed by atoms with Crippen molar-refractivity contribution in [3.63, 3.8) is 0 Å². The van der Waals surface area contributed by atoms with Gasteiger partial charge in [0.05, 0.1) is 19.4 Å². The maximum atomic E-state index is 12.7. The van der Waals surface area contributed by atoms with E-state index in [2.05, 4.69) is 12.1 Å². The number of furan rings is 1. The van der Waals surface area contributed by atoms with Gasteiger partial charge in [0.15, 0.2) is 0 Å². The van der Waals surface area contributed by atoms with Crippen LogP contribution >= 0.6 is 0 Å². The van der Waals surface area contributed by atoms with E-state index in [9.17, 15) is 4.79 Å². The molecule has 1 amide bonds. The second-order valence-corrected chi connectivity index (χ2v) is 6.02. The molecule has 1 aliphatic heterocycles. The number of carbonyl (C=O) groups is 1. The number of hydrogen-bond donors (Lipinski definition) is 0. The lowest BCUT2D eigenvalue weighted by Crippen LogP contribution is -2.33. The third kappa shape index (κ3) is 3.88. The SMILES string of the molecule is COc1ccc(C2CCCCCN2C(=O)C=Cc2ccco2)cc1. The average molecular weight is 325 g/mol. The van der Waals surface area contributed by atoms with Gasteiger partial charge in [0, 0.05) is 12.6 Å². The predicted molar refractivity (Wildman–Crippen MR) is 93.7 cm³/mol. The van der Waals surface area contributed by atoms with Crippen LogP contribution in [0.1, 0.15) is 43.0 Å². The van der Waals surface area contributed by atoms with E-state index in [1.165, 1.54) is 6.42 Å². The van der Waals surface area contributed by atoms with Crippen LogP contribution < -0.4 is 4.74 Å². The summed E-state index contributed by atoms with van der Waals surface area (Å²) in [4.78, 5) is 14.7. The van der Waals surface area contributed by atoms with Gasteiger partial charge >= 0.3 is 0 Å². The number of ether oxygens (including phenoxy) is 1. The molecule has 1 atom stereocenters. The highest BCUT2D eigenvalue weighted by Crippen LogP contribution is 2.31. The molecule has 0 aliphatic carbocycles. The molecule has 0 bridgehead atoms. The Balaban J connectivity index is 1.79. The number of nitrogens with zero attached hydrogens (tertiary/aromatic N) is 1. The van der Waals surface area contributed by atoms with Crippen LogP contribution in [-0.4, -0.2) is 24.5 Å². The van der Waals surface area contributed by atoms with E-state index >= 15 is 0 Å². The Morgan fingerprint density at radius 1 is 1.21 bits per heavy atom. The minimum Gasteiger partial charge on any atom is -0.497 e. The molecule has 1 unspecified atom stereocenters. The van der Waals surface area contributed by atoms with Crippen LogP contribution in [0.2, 0.25) is 0 Å². The zero-order valence-corrected chi connectivity index (χ0v) is 14.0. The van der Waals surface area contributed by atoms with Gasteiger partial charge < -0.3 is 14.1 Å². The molecule has 24 heavy (non-hydrogen) atoms. The lowest BCUT2D eigenvalue weighted by molar-refractivity contribution is -0.128. The predicted octanol–water partition coefficient (Wildman–Crippen LogP) is 4.45. The Labute approximate surface area is 142 Å². The first kappa shape index (κ1) is 16.4. The van der Waals surface area contributed by atoms with Gasteiger partial charge in [-0.1, -0.05) is 25.0 Å². The number of methoxy groups -OCH3 is 1. The summed E-state index contributed by atoms with van der Waals surface area (Å²) in [6, 6.07) is 11.8. The van der Waals surface area contributed by atoms with Crippen LogP contribution in [0.4, 0.5) is 0 Å². The summed E-state index contributed by atoms with van der Waals surface area (Å²) in [5.41, 5.74) is 1.16. The third-order valence-corrected chi connectivity index (χ3v) is 4.47. The molecule has 1 aromatic heterocycles. The Morgan fingerprint density at radius 3 is 2.75 bits per heavy atom. The fraction of sp³-hybridized carbons (Fsp3) is 0.350. The Morgan fingerprint density at radius 2 is 2.04 bits per heavy atom. The molecule has 2 aromatic rings. The zero-order chi connectivity index (χ0) is 16.8. The van der Waals surface area contributed by atoms with Crippen LogP contribution in [0.3, 0.4) is 0 Å². The monoisotopic (exact) mass is 325 g/mol. The van der Waals surface area contributed by atoms with Gasteiger partial charge in [-0.25, -0.2) is 0 Å². The van der Waals surface area contributed by atoms with Gasteiger partial charge in [-0.2, -0.15) is 0 Å². The zero-order valence-electron chi connectivity index (χ0n) is 14.0. The second kappa shape index (κ2) is 7.86. The van der Waals surface area contributed by atoms with Crippen LogP contribution in [-0.2, 0) is 4.79 Å². The first-order valence-corrected chi connectivity index (χ1v) is 8.44. The molecule has 126 valence electrons. The number of carbonyl (C=O) groups excluding carboxylic acids is 1. The molecule has 0 spiro atoms. The molecular formula is C20H23NO3. The van der Waals surface area contributed by atoms with Gasteiger partial charge in [0.1, 0.15) is 11.5 Å². The molecule has 1 aliphatic rings. The highest BCUT2D eigenvalue weighted by molar-refractivity contribution is 5.91. The molecule has 4 heteroatoms. The smallest absolute Gasteiger partial charge is 0.247 e. The summed E-state index contributed by atoms with van der Waals surface area (Å²) in [6.07, 6.45) is 9.30. The van der Waals surface area contributed by atoms with Crippen molar-refractivity contribution >= 4 is 12.0 Å². The lowest BCUT2D eigenvalue weighted by Gasteiger charge is -2.29. The molecule has 0 saturated carbocycles. The largest absolute Gasteiger partial charge is 0.497 e. The maximum absolute atomic E-state index is 12.7. The highest BCUT2D eigenvalue weighted by atomic mass is 16.5. The molecule has 2 heterocycles. The molecule has 4 nitrogen and oxygen atoms in total. The van der Waals surface area contributed by atoms with Gasteiger partial charge in [-0.3, -0.25) is 4.79 Å². The topological polar surface area (TPSA) is 42.7 Å². The van der Waals surface area contributed by atoms with E-state index in [4.69, 9.17) is 9.15 Å². The summed E-state index contributed by atoms with van der Waals surface area (Å²) in [7, 11) is 1.66. The first-order valence-electron chi connectivity index (χ1n) is 8.44. The van der Waals surface area contributed by atoms with E-state index in [1.54, 1.807) is 25.5 Å². The summed E-state index contributed by atoms with van der Waals surface area (Å²) >= 11 is 0. The minimum atomic E-state index is 0.0362. The van der Waals surface area contributed by atoms with Crippen molar-refractivity contribution in [2.24, 2.45) is 0 Å². The first-order chi connectivity index (χ1) is 11.8. The van der Waals surface area contributed by atoms with Gasteiger partial charge in [-0.05, 0) is 48.7 Å². The normalized spacial score (nSPS) is 18.5. The molecule has 3 rings (SSSR count). The van der Waals surface area contributed by atoms with Crippen molar-refractivity contribution in [2.75, 3.05) is 13.7 Å². The average Bonchev–Trinajstić information content (AvgIpc) is 3.02. The van der Waals surface area contributed by atoms with Gasteiger partial charge in [-0.15, -0.1) is 0 Å². The van der Waals surface area contributed by atoms with E-state index in [1.807, 2.05) is 29.2 Å². The summed E-state index contributed by atoms with van der Waals surface area (Å²) < 4.78 is 10.5. The number of rotatable bonds is 4. The van der Waals surface area contributed by atoms with Crippen molar-refractivity contribution in [2.45, 2.75) is 31.7 Å². The molecule has 1 aromatic carbocycles. The van der Waals surface area contributed by atoms with Gasteiger partial charge in [0.2, 0.25) is 5.91 Å². The molecular weight excluding hydrogens is 302 g/mol. The van der Waals surface area contributed by atoms with Crippen molar-refractivity contribution in [3.05, 3.63) is 60.1 Å². The fourth-order valence-corrected chi connectivity index (χ4v) is 3.18. The Bertz CT molecular complexity index is 673. The van der Waals surface area contributed by atoms with Crippen molar-refractivity contribution in [3.8, 4) is 5.75 Å². The standard InChI is InChI=1S/C20H23NO3/c1-23-17-10-8-16(9-11-17)19-7-3-2-4-14-21(19)20(22)13-12-18-6-5-15-24-18/h5-6,8-13,15,19H,2-4,7,14H2,1H3. The summed E-state index contributed by atoms with van der Waals surface area (Å²) in [5.74, 6) is 1.57. The Kier molecular flexibility index (Phi) is 5.36. The number of amides is 1. The Hall–Kier alpha value is -2.49. The maximum Gasteiger partial charge on any atom is 0.247 e. The lowest BCUT2D eigenvalue weighted by atomic mass is 10.0. The van der Waals surface area contributed by atoms with Crippen LogP contribution in [0, 0.1) is 0 Å². The van der Waals surface area contributed by atoms with Gasteiger partial charge in [0.25, 0.3) is 0 Å². The van der Waals surface area contributed by atoms with Crippen LogP contribution in [0.15, 0.2) is 53.2 Å². The second-order valence-electron chi connectivity index (χ2n) is 6.02. The van der Waals surface area contributed by atoms with E-state index < -0.39 is 0 Å². The molecule has 1 fully saturated rings. The number of benzene rings is 1. The molecule has 0 N–H and O–H groups in total. The summed E-state index contributed by atoms with van der Waals surface area (Å²) in [5, 5.41) is 0. The highest BCUT2D eigenvalue weighted by Gasteiger charge is 2.25. The van der Waals surface area contributed by atoms with Crippen LogP contribution in [0.25, 0.3) is 6.08 Å². The number of likely N-dealkylation sites (tertiary alicyclic amines) is 1. The van der Waals surface area contributed by atoms with Crippen molar-refractivity contribution in [1.82, 2.24) is 4.90 Å². The van der Waals surface area contributed by atoms with E-state index in [0.717, 1.165) is 37.1 Å². The minimum absolute atomic E-state index is 0.0362. The van der Waals surface area contributed by atoms with E-state index in [-0.39, 0.29) is 11.9 Å². The molecule has 1 saturated heterocycles. The van der Waals surface area contributed by atoms with Crippen molar-refractivity contribution in [1.29, 1.82) is 0 Å².